The summed E-state index contributed by atoms with van der Waals surface area (Å²) in [6, 6.07) is 0.157. The molecule has 0 bridgehead atoms. The van der Waals surface area contributed by atoms with E-state index in [9.17, 15) is 4.79 Å². The van der Waals surface area contributed by atoms with E-state index in [1.54, 1.807) is 0 Å². The van der Waals surface area contributed by atoms with Crippen molar-refractivity contribution >= 4 is 12.0 Å². The molecule has 1 fully saturated rings. The number of anilines is 1. The van der Waals surface area contributed by atoms with Gasteiger partial charge in [0, 0.05) is 19.0 Å². The van der Waals surface area contributed by atoms with Gasteiger partial charge in [-0.3, -0.25) is 5.32 Å². The predicted octanol–water partition coefficient (Wildman–Crippen LogP) is 1.29. The lowest BCUT2D eigenvalue weighted by Gasteiger charge is -2.25. The Morgan fingerprint density at radius 1 is 1.29 bits per heavy atom. The molecule has 2 amide bonds. The number of nitrogens with zero attached hydrogens (tertiary/aromatic N) is 3. The molecule has 6 nitrogen and oxygen atoms in total. The molecule has 2 heterocycles. The molecular formula is C11H17N5O. The normalized spacial score (nSPS) is 19.3. The first-order valence-electron chi connectivity index (χ1n) is 6.32. The lowest BCUT2D eigenvalue weighted by Crippen LogP contribution is -2.42. The quantitative estimate of drug-likeness (QED) is 0.811. The zero-order chi connectivity index (χ0) is 11.7. The van der Waals surface area contributed by atoms with Crippen LogP contribution >= 0.6 is 0 Å². The molecule has 0 aromatic carbocycles. The van der Waals surface area contributed by atoms with Gasteiger partial charge in [0.15, 0.2) is 0 Å². The largest absolute Gasteiger partial charge is 0.335 e. The molecule has 2 aliphatic rings. The van der Waals surface area contributed by atoms with Crippen LogP contribution in [0.25, 0.3) is 0 Å². The second kappa shape index (κ2) is 4.35. The van der Waals surface area contributed by atoms with Crippen molar-refractivity contribution in [2.75, 3.05) is 5.32 Å². The van der Waals surface area contributed by atoms with Crippen molar-refractivity contribution in [1.82, 2.24) is 20.1 Å². The van der Waals surface area contributed by atoms with Crippen molar-refractivity contribution in [2.24, 2.45) is 0 Å². The summed E-state index contributed by atoms with van der Waals surface area (Å²) in [6.07, 6.45) is 6.64. The van der Waals surface area contributed by atoms with Gasteiger partial charge >= 0.3 is 6.03 Å². The van der Waals surface area contributed by atoms with Crippen molar-refractivity contribution in [2.45, 2.75) is 51.1 Å². The van der Waals surface area contributed by atoms with Crippen LogP contribution in [0.15, 0.2) is 0 Å². The highest BCUT2D eigenvalue weighted by Gasteiger charge is 2.20. The van der Waals surface area contributed by atoms with Gasteiger partial charge in [-0.1, -0.05) is 0 Å². The molecule has 1 saturated carbocycles. The third-order valence-corrected chi connectivity index (χ3v) is 3.43. The molecule has 6 heteroatoms. The topological polar surface area (TPSA) is 71.8 Å². The van der Waals surface area contributed by atoms with Crippen LogP contribution in [-0.2, 0) is 13.0 Å². The molecule has 1 aliphatic heterocycles. The fourth-order valence-electron chi connectivity index (χ4n) is 2.21. The number of carbonyl (C=O) groups is 1. The van der Waals surface area contributed by atoms with E-state index < -0.39 is 0 Å². The molecule has 0 saturated heterocycles. The van der Waals surface area contributed by atoms with Crippen molar-refractivity contribution in [1.29, 1.82) is 0 Å². The van der Waals surface area contributed by atoms with Crippen LogP contribution in [0.3, 0.4) is 0 Å². The van der Waals surface area contributed by atoms with Gasteiger partial charge in [-0.05, 0) is 32.1 Å². The molecule has 1 aliphatic carbocycles. The van der Waals surface area contributed by atoms with E-state index in [4.69, 9.17) is 0 Å². The van der Waals surface area contributed by atoms with Crippen LogP contribution in [0, 0.1) is 0 Å². The fourth-order valence-corrected chi connectivity index (χ4v) is 2.21. The Hall–Kier alpha value is -1.59. The summed E-state index contributed by atoms with van der Waals surface area (Å²) in [5, 5.41) is 9.89. The van der Waals surface area contributed by atoms with E-state index in [2.05, 4.69) is 20.7 Å². The van der Waals surface area contributed by atoms with Gasteiger partial charge in [-0.15, -0.1) is 5.10 Å². The second-order valence-corrected chi connectivity index (χ2v) is 4.76. The Kier molecular flexibility index (Phi) is 2.70. The smallest absolute Gasteiger partial charge is 0.321 e. The average Bonchev–Trinajstić information content (AvgIpc) is 2.65. The SMILES string of the molecule is O=C(Nc1nc2n(n1)CCCC2)NC1CCC1. The second-order valence-electron chi connectivity index (χ2n) is 4.76. The molecule has 0 radical (unpaired) electrons. The summed E-state index contributed by atoms with van der Waals surface area (Å²) >= 11 is 0. The molecule has 1 aromatic rings. The molecule has 1 aromatic heterocycles. The van der Waals surface area contributed by atoms with Crippen molar-refractivity contribution in [3.05, 3.63) is 5.82 Å². The minimum Gasteiger partial charge on any atom is -0.335 e. The zero-order valence-electron chi connectivity index (χ0n) is 9.78. The van der Waals surface area contributed by atoms with Gasteiger partial charge in [-0.25, -0.2) is 9.48 Å². The molecule has 0 atom stereocenters. The van der Waals surface area contributed by atoms with Crippen LogP contribution in [0.1, 0.15) is 37.9 Å². The molecule has 17 heavy (non-hydrogen) atoms. The Bertz CT molecular complexity index is 400. The number of urea groups is 1. The standard InChI is InChI=1S/C11H17N5O/c17-11(12-8-4-3-5-8)14-10-13-9-6-1-2-7-16(9)15-10/h8H,1-7H2,(H2,12,14,15,17). The lowest BCUT2D eigenvalue weighted by molar-refractivity contribution is 0.240. The summed E-state index contributed by atoms with van der Waals surface area (Å²) in [4.78, 5) is 15.9. The first-order valence-corrected chi connectivity index (χ1v) is 6.32. The van der Waals surface area contributed by atoms with Crippen LogP contribution in [0.5, 0.6) is 0 Å². The lowest BCUT2D eigenvalue weighted by atomic mass is 9.93. The Labute approximate surface area is 99.8 Å². The van der Waals surface area contributed by atoms with Crippen molar-refractivity contribution in [3.63, 3.8) is 0 Å². The number of hydrogen-bond donors (Lipinski definition) is 2. The third-order valence-electron chi connectivity index (χ3n) is 3.43. The monoisotopic (exact) mass is 235 g/mol. The minimum atomic E-state index is -0.183. The van der Waals surface area contributed by atoms with Gasteiger partial charge in [0.2, 0.25) is 5.95 Å². The maximum Gasteiger partial charge on any atom is 0.321 e. The van der Waals surface area contributed by atoms with Gasteiger partial charge in [0.1, 0.15) is 5.82 Å². The number of nitrogens with one attached hydrogen (secondary N) is 2. The van der Waals surface area contributed by atoms with Gasteiger partial charge in [-0.2, -0.15) is 4.98 Å². The Morgan fingerprint density at radius 3 is 2.88 bits per heavy atom. The number of fused-ring (bicyclic) bond motifs is 1. The Balaban J connectivity index is 1.60. The maximum absolute atomic E-state index is 11.6. The van der Waals surface area contributed by atoms with E-state index >= 15 is 0 Å². The molecule has 2 N–H and O–H groups in total. The van der Waals surface area contributed by atoms with Crippen LogP contribution in [0.4, 0.5) is 10.7 Å². The van der Waals surface area contributed by atoms with E-state index in [-0.39, 0.29) is 6.03 Å². The average molecular weight is 235 g/mol. The van der Waals surface area contributed by atoms with Crippen LogP contribution in [-0.4, -0.2) is 26.8 Å². The van der Waals surface area contributed by atoms with Gasteiger partial charge in [0.05, 0.1) is 0 Å². The number of rotatable bonds is 2. The molecule has 0 unspecified atom stereocenters. The third kappa shape index (κ3) is 2.25. The van der Waals surface area contributed by atoms with E-state index in [1.165, 1.54) is 6.42 Å². The summed E-state index contributed by atoms with van der Waals surface area (Å²) in [7, 11) is 0. The zero-order valence-corrected chi connectivity index (χ0v) is 9.78. The van der Waals surface area contributed by atoms with Gasteiger partial charge in [0.25, 0.3) is 0 Å². The van der Waals surface area contributed by atoms with Crippen LogP contribution in [0.2, 0.25) is 0 Å². The first-order chi connectivity index (χ1) is 8.31. The summed E-state index contributed by atoms with van der Waals surface area (Å²) in [5.41, 5.74) is 0. The molecule has 92 valence electrons. The fraction of sp³-hybridized carbons (Fsp3) is 0.727. The van der Waals surface area contributed by atoms with Crippen molar-refractivity contribution in [3.8, 4) is 0 Å². The summed E-state index contributed by atoms with van der Waals surface area (Å²) in [5.74, 6) is 1.41. The predicted molar refractivity (Wildman–Crippen MR) is 62.8 cm³/mol. The van der Waals surface area contributed by atoms with E-state index in [0.717, 1.165) is 44.5 Å². The number of amides is 2. The molecule has 3 rings (SSSR count). The maximum atomic E-state index is 11.6. The Morgan fingerprint density at radius 2 is 2.18 bits per heavy atom. The number of carbonyl (C=O) groups excluding carboxylic acids is 1. The number of aromatic nitrogens is 3. The molecular weight excluding hydrogens is 218 g/mol. The van der Waals surface area contributed by atoms with Crippen LogP contribution < -0.4 is 10.6 Å². The first kappa shape index (κ1) is 10.6. The summed E-state index contributed by atoms with van der Waals surface area (Å²) in [6.45, 7) is 0.911. The van der Waals surface area contributed by atoms with Gasteiger partial charge < -0.3 is 5.32 Å². The number of hydrogen-bond acceptors (Lipinski definition) is 3. The molecule has 0 spiro atoms. The summed E-state index contributed by atoms with van der Waals surface area (Å²) < 4.78 is 1.89. The highest BCUT2D eigenvalue weighted by atomic mass is 16.2. The van der Waals surface area contributed by atoms with E-state index in [0.29, 0.717) is 12.0 Å². The highest BCUT2D eigenvalue weighted by molar-refractivity contribution is 5.87. The van der Waals surface area contributed by atoms with E-state index in [1.807, 2.05) is 4.68 Å². The minimum absolute atomic E-state index is 0.183. The number of aryl methyl sites for hydroxylation is 2. The van der Waals surface area contributed by atoms with Crippen molar-refractivity contribution < 1.29 is 4.79 Å². The highest BCUT2D eigenvalue weighted by Crippen LogP contribution is 2.18.